The Bertz CT molecular complexity index is 739. The highest BCUT2D eigenvalue weighted by Gasteiger charge is 2.22. The standard InChI is InChI=1S/C14H10N2O6/c17-13(18)8-4-1-2-6-10(8)15-12-9(14(19)20)5-3-7-11(12)16(21)22/h1-7,15H,(H,17,18)(H,19,20). The molecule has 0 bridgehead atoms. The summed E-state index contributed by atoms with van der Waals surface area (Å²) < 4.78 is 0. The number of nitrogens with one attached hydrogen (secondary N) is 1. The van der Waals surface area contributed by atoms with Crippen LogP contribution in [-0.4, -0.2) is 27.1 Å². The highest BCUT2D eigenvalue weighted by molar-refractivity contribution is 6.00. The van der Waals surface area contributed by atoms with Crippen LogP contribution in [0, 0.1) is 10.1 Å². The summed E-state index contributed by atoms with van der Waals surface area (Å²) in [6.07, 6.45) is 0. The molecule has 112 valence electrons. The number of carboxylic acid groups (broad SMARTS) is 2. The molecule has 0 fully saturated rings. The molecule has 2 aromatic rings. The van der Waals surface area contributed by atoms with Gasteiger partial charge in [-0.25, -0.2) is 9.59 Å². The maximum atomic E-state index is 11.2. The highest BCUT2D eigenvalue weighted by atomic mass is 16.6. The van der Waals surface area contributed by atoms with E-state index < -0.39 is 22.5 Å². The van der Waals surface area contributed by atoms with Gasteiger partial charge in [-0.3, -0.25) is 10.1 Å². The first kappa shape index (κ1) is 15.0. The van der Waals surface area contributed by atoms with Gasteiger partial charge in [0.15, 0.2) is 0 Å². The van der Waals surface area contributed by atoms with Crippen molar-refractivity contribution in [1.29, 1.82) is 0 Å². The molecule has 8 heteroatoms. The molecule has 0 amide bonds. The molecule has 0 aliphatic carbocycles. The number of nitrogens with zero attached hydrogens (tertiary/aromatic N) is 1. The summed E-state index contributed by atoms with van der Waals surface area (Å²) in [6, 6.07) is 9.30. The maximum Gasteiger partial charge on any atom is 0.338 e. The van der Waals surface area contributed by atoms with Crippen LogP contribution in [0.4, 0.5) is 17.1 Å². The normalized spacial score (nSPS) is 10.0. The van der Waals surface area contributed by atoms with Gasteiger partial charge >= 0.3 is 11.9 Å². The number of nitro groups is 1. The van der Waals surface area contributed by atoms with Crippen LogP contribution in [0.25, 0.3) is 0 Å². The number of hydrogen-bond acceptors (Lipinski definition) is 5. The van der Waals surface area contributed by atoms with E-state index in [-0.39, 0.29) is 22.5 Å². The lowest BCUT2D eigenvalue weighted by atomic mass is 10.1. The number of anilines is 2. The van der Waals surface area contributed by atoms with Crippen molar-refractivity contribution in [3.05, 3.63) is 63.7 Å². The number of nitro benzene ring substituents is 1. The van der Waals surface area contributed by atoms with E-state index in [2.05, 4.69) is 5.32 Å². The van der Waals surface area contributed by atoms with Crippen molar-refractivity contribution in [3.63, 3.8) is 0 Å². The molecule has 0 aliphatic rings. The van der Waals surface area contributed by atoms with Gasteiger partial charge in [-0.2, -0.15) is 0 Å². The van der Waals surface area contributed by atoms with Gasteiger partial charge in [0.05, 0.1) is 21.7 Å². The van der Waals surface area contributed by atoms with E-state index in [0.717, 1.165) is 6.07 Å². The fourth-order valence-corrected chi connectivity index (χ4v) is 1.92. The van der Waals surface area contributed by atoms with Crippen molar-refractivity contribution >= 4 is 29.0 Å². The molecule has 2 aromatic carbocycles. The zero-order chi connectivity index (χ0) is 16.3. The topological polar surface area (TPSA) is 130 Å². The van der Waals surface area contributed by atoms with Crippen LogP contribution in [0.1, 0.15) is 20.7 Å². The van der Waals surface area contributed by atoms with E-state index in [0.29, 0.717) is 0 Å². The first-order valence-electron chi connectivity index (χ1n) is 6.02. The highest BCUT2D eigenvalue weighted by Crippen LogP contribution is 2.32. The summed E-state index contributed by atoms with van der Waals surface area (Å²) in [5.41, 5.74) is -1.12. The third-order valence-electron chi connectivity index (χ3n) is 2.89. The number of rotatable bonds is 5. The van der Waals surface area contributed by atoms with Crippen molar-refractivity contribution in [3.8, 4) is 0 Å². The number of carboxylic acids is 2. The van der Waals surface area contributed by atoms with E-state index in [9.17, 15) is 19.7 Å². The second-order valence-corrected chi connectivity index (χ2v) is 4.24. The van der Waals surface area contributed by atoms with E-state index in [4.69, 9.17) is 10.2 Å². The number of benzene rings is 2. The number of para-hydroxylation sites is 2. The molecule has 0 aliphatic heterocycles. The van der Waals surface area contributed by atoms with Crippen LogP contribution in [-0.2, 0) is 0 Å². The zero-order valence-corrected chi connectivity index (χ0v) is 11.0. The minimum absolute atomic E-state index is 0.0619. The molecule has 3 N–H and O–H groups in total. The molecule has 8 nitrogen and oxygen atoms in total. The van der Waals surface area contributed by atoms with Crippen molar-refractivity contribution in [1.82, 2.24) is 0 Å². The lowest BCUT2D eigenvalue weighted by molar-refractivity contribution is -0.383. The number of hydrogen-bond donors (Lipinski definition) is 3. The second kappa shape index (κ2) is 5.92. The van der Waals surface area contributed by atoms with Crippen molar-refractivity contribution in [2.45, 2.75) is 0 Å². The minimum Gasteiger partial charge on any atom is -0.478 e. The predicted molar refractivity (Wildman–Crippen MR) is 76.7 cm³/mol. The minimum atomic E-state index is -1.36. The SMILES string of the molecule is O=C(O)c1ccccc1Nc1c(C(=O)O)cccc1[N+](=O)[O-]. The van der Waals surface area contributed by atoms with Crippen molar-refractivity contribution in [2.24, 2.45) is 0 Å². The summed E-state index contributed by atoms with van der Waals surface area (Å²) in [7, 11) is 0. The smallest absolute Gasteiger partial charge is 0.338 e. The quantitative estimate of drug-likeness (QED) is 0.571. The van der Waals surface area contributed by atoms with Gasteiger partial charge in [0.1, 0.15) is 5.69 Å². The Kier molecular flexibility index (Phi) is 4.03. The molecule has 0 spiro atoms. The molecule has 22 heavy (non-hydrogen) atoms. The summed E-state index contributed by atoms with van der Waals surface area (Å²) in [6.45, 7) is 0. The van der Waals surface area contributed by atoms with Crippen molar-refractivity contribution in [2.75, 3.05) is 5.32 Å². The maximum absolute atomic E-state index is 11.2. The fraction of sp³-hybridized carbons (Fsp3) is 0. The Hall–Kier alpha value is -3.42. The third-order valence-corrected chi connectivity index (χ3v) is 2.89. The predicted octanol–water partition coefficient (Wildman–Crippen LogP) is 2.73. The molecule has 0 saturated heterocycles. The molecule has 0 atom stereocenters. The fourth-order valence-electron chi connectivity index (χ4n) is 1.92. The average molecular weight is 302 g/mol. The Labute approximate surface area is 123 Å². The van der Waals surface area contributed by atoms with E-state index in [1.165, 1.54) is 36.4 Å². The lowest BCUT2D eigenvalue weighted by Gasteiger charge is -2.12. The van der Waals surface area contributed by atoms with Gasteiger partial charge < -0.3 is 15.5 Å². The second-order valence-electron chi connectivity index (χ2n) is 4.24. The molecular formula is C14H10N2O6. The first-order chi connectivity index (χ1) is 10.4. The third kappa shape index (κ3) is 2.85. The summed E-state index contributed by atoms with van der Waals surface area (Å²) in [5.74, 6) is -2.60. The van der Waals surface area contributed by atoms with Gasteiger partial charge in [-0.05, 0) is 18.2 Å². The molecule has 0 aromatic heterocycles. The molecule has 0 heterocycles. The van der Waals surface area contributed by atoms with E-state index in [1.807, 2.05) is 0 Å². The summed E-state index contributed by atoms with van der Waals surface area (Å²) >= 11 is 0. The van der Waals surface area contributed by atoms with Gasteiger partial charge in [-0.15, -0.1) is 0 Å². The molecule has 2 rings (SSSR count). The number of aromatic carboxylic acids is 2. The molecule has 0 radical (unpaired) electrons. The van der Waals surface area contributed by atoms with Crippen LogP contribution < -0.4 is 5.32 Å². The van der Waals surface area contributed by atoms with Crippen LogP contribution >= 0.6 is 0 Å². The average Bonchev–Trinajstić information content (AvgIpc) is 2.47. The van der Waals surface area contributed by atoms with Gasteiger partial charge in [0.2, 0.25) is 0 Å². The van der Waals surface area contributed by atoms with Gasteiger partial charge in [0, 0.05) is 6.07 Å². The Balaban J connectivity index is 2.61. The van der Waals surface area contributed by atoms with Crippen LogP contribution in [0.5, 0.6) is 0 Å². The molecular weight excluding hydrogens is 292 g/mol. The van der Waals surface area contributed by atoms with Crippen LogP contribution in [0.2, 0.25) is 0 Å². The van der Waals surface area contributed by atoms with Crippen LogP contribution in [0.3, 0.4) is 0 Å². The monoisotopic (exact) mass is 302 g/mol. The van der Waals surface area contributed by atoms with Gasteiger partial charge in [0.25, 0.3) is 5.69 Å². The molecule has 0 unspecified atom stereocenters. The lowest BCUT2D eigenvalue weighted by Crippen LogP contribution is -2.08. The van der Waals surface area contributed by atoms with Crippen molar-refractivity contribution < 1.29 is 24.7 Å². The van der Waals surface area contributed by atoms with Gasteiger partial charge in [-0.1, -0.05) is 18.2 Å². The Morgan fingerprint density at radius 2 is 1.55 bits per heavy atom. The Morgan fingerprint density at radius 1 is 0.955 bits per heavy atom. The zero-order valence-electron chi connectivity index (χ0n) is 11.0. The molecule has 0 saturated carbocycles. The summed E-state index contributed by atoms with van der Waals surface area (Å²) in [4.78, 5) is 32.7. The Morgan fingerprint density at radius 3 is 2.14 bits per heavy atom. The number of carbonyl (C=O) groups is 2. The summed E-state index contributed by atoms with van der Waals surface area (Å²) in [5, 5.41) is 31.9. The van der Waals surface area contributed by atoms with E-state index in [1.54, 1.807) is 0 Å². The largest absolute Gasteiger partial charge is 0.478 e. The first-order valence-corrected chi connectivity index (χ1v) is 6.02. The van der Waals surface area contributed by atoms with E-state index >= 15 is 0 Å². The van der Waals surface area contributed by atoms with Crippen LogP contribution in [0.15, 0.2) is 42.5 Å².